The van der Waals surface area contributed by atoms with Crippen molar-refractivity contribution in [2.75, 3.05) is 26.3 Å². The number of nitrogens with one attached hydrogen (secondary N) is 1. The Kier molecular flexibility index (Phi) is 8.57. The molecule has 14 heavy (non-hydrogen) atoms. The maximum Gasteiger partial charge on any atom is 0.243 e. The number of carbonyl (C=O) groups excluding carboxylic acids is 1. The van der Waals surface area contributed by atoms with Gasteiger partial charge in [0.1, 0.15) is 6.61 Å². The highest BCUT2D eigenvalue weighted by molar-refractivity contribution is 5.74. The molecule has 0 aromatic carbocycles. The highest BCUT2D eigenvalue weighted by Crippen LogP contribution is 2.01. The minimum Gasteiger partial charge on any atom is -0.370 e. The van der Waals surface area contributed by atoms with Gasteiger partial charge in [0.2, 0.25) is 5.91 Å². The van der Waals surface area contributed by atoms with Crippen LogP contribution in [0.5, 0.6) is 0 Å². The molecule has 0 spiro atoms. The lowest BCUT2D eigenvalue weighted by Gasteiger charge is -2.06. The van der Waals surface area contributed by atoms with E-state index in [1.807, 2.05) is 0 Å². The molecule has 0 aliphatic rings. The minimum absolute atomic E-state index is 0.0215. The molecular formula is C10H22N2O2. The quantitative estimate of drug-likeness (QED) is 0.536. The maximum absolute atomic E-state index is 10.3. The van der Waals surface area contributed by atoms with Crippen molar-refractivity contribution in [2.45, 2.75) is 26.7 Å². The first-order valence-corrected chi connectivity index (χ1v) is 5.19. The normalized spacial score (nSPS) is 10.8. The molecule has 84 valence electrons. The fraction of sp³-hybridized carbons (Fsp3) is 0.900. The van der Waals surface area contributed by atoms with Crippen LogP contribution in [0.25, 0.3) is 0 Å². The number of hydrogen-bond donors (Lipinski definition) is 2. The van der Waals surface area contributed by atoms with Gasteiger partial charge >= 0.3 is 0 Å². The van der Waals surface area contributed by atoms with Crippen LogP contribution in [0.3, 0.4) is 0 Å². The van der Waals surface area contributed by atoms with E-state index in [-0.39, 0.29) is 6.61 Å². The van der Waals surface area contributed by atoms with Crippen LogP contribution >= 0.6 is 0 Å². The third kappa shape index (κ3) is 11.4. The smallest absolute Gasteiger partial charge is 0.243 e. The Labute approximate surface area is 86.2 Å². The van der Waals surface area contributed by atoms with E-state index in [4.69, 9.17) is 10.5 Å². The zero-order chi connectivity index (χ0) is 10.8. The molecule has 0 aromatic heterocycles. The van der Waals surface area contributed by atoms with Gasteiger partial charge in [0, 0.05) is 6.54 Å². The van der Waals surface area contributed by atoms with Crippen LogP contribution in [0.1, 0.15) is 26.7 Å². The summed E-state index contributed by atoms with van der Waals surface area (Å²) in [6, 6.07) is 0. The van der Waals surface area contributed by atoms with Crippen molar-refractivity contribution < 1.29 is 9.53 Å². The first-order chi connectivity index (χ1) is 6.63. The van der Waals surface area contributed by atoms with E-state index < -0.39 is 5.91 Å². The largest absolute Gasteiger partial charge is 0.370 e. The first kappa shape index (κ1) is 13.4. The molecule has 0 fully saturated rings. The average Bonchev–Trinajstić information content (AvgIpc) is 2.08. The lowest BCUT2D eigenvalue weighted by molar-refractivity contribution is -0.122. The molecule has 0 unspecified atom stereocenters. The van der Waals surface area contributed by atoms with E-state index in [0.717, 1.165) is 19.0 Å². The van der Waals surface area contributed by atoms with Gasteiger partial charge in [-0.3, -0.25) is 4.79 Å². The number of ether oxygens (including phenoxy) is 1. The molecule has 0 bridgehead atoms. The van der Waals surface area contributed by atoms with E-state index in [9.17, 15) is 4.79 Å². The van der Waals surface area contributed by atoms with E-state index >= 15 is 0 Å². The predicted molar refractivity (Wildman–Crippen MR) is 57.0 cm³/mol. The average molecular weight is 202 g/mol. The topological polar surface area (TPSA) is 64.3 Å². The molecular weight excluding hydrogens is 180 g/mol. The Hall–Kier alpha value is -0.610. The van der Waals surface area contributed by atoms with E-state index in [1.165, 1.54) is 12.8 Å². The molecule has 0 aromatic rings. The third-order valence-electron chi connectivity index (χ3n) is 1.80. The van der Waals surface area contributed by atoms with Crippen LogP contribution in [0.2, 0.25) is 0 Å². The molecule has 3 N–H and O–H groups in total. The molecule has 0 aliphatic carbocycles. The fourth-order valence-corrected chi connectivity index (χ4v) is 1.08. The number of primary amides is 1. The molecule has 1 amide bonds. The van der Waals surface area contributed by atoms with Gasteiger partial charge in [0.05, 0.1) is 6.61 Å². The molecule has 0 aliphatic heterocycles. The first-order valence-electron chi connectivity index (χ1n) is 5.19. The van der Waals surface area contributed by atoms with Crippen LogP contribution in [0, 0.1) is 5.92 Å². The lowest BCUT2D eigenvalue weighted by Crippen LogP contribution is -2.24. The Morgan fingerprint density at radius 1 is 1.43 bits per heavy atom. The molecule has 0 radical (unpaired) electrons. The Morgan fingerprint density at radius 2 is 2.14 bits per heavy atom. The van der Waals surface area contributed by atoms with Gasteiger partial charge in [0.25, 0.3) is 0 Å². The van der Waals surface area contributed by atoms with Gasteiger partial charge in [-0.05, 0) is 25.3 Å². The van der Waals surface area contributed by atoms with Gasteiger partial charge < -0.3 is 15.8 Å². The number of hydrogen-bond acceptors (Lipinski definition) is 3. The highest BCUT2D eigenvalue weighted by Gasteiger charge is 1.95. The van der Waals surface area contributed by atoms with Crippen molar-refractivity contribution in [3.05, 3.63) is 0 Å². The SMILES string of the molecule is CC(C)CCCNCCOCC(N)=O. The maximum atomic E-state index is 10.3. The van der Waals surface area contributed by atoms with Crippen LogP contribution in [0.4, 0.5) is 0 Å². The Balaban J connectivity index is 2.96. The third-order valence-corrected chi connectivity index (χ3v) is 1.80. The van der Waals surface area contributed by atoms with Crippen molar-refractivity contribution in [1.29, 1.82) is 0 Å². The molecule has 0 heterocycles. The number of carbonyl (C=O) groups is 1. The summed E-state index contributed by atoms with van der Waals surface area (Å²) in [6.07, 6.45) is 2.43. The summed E-state index contributed by atoms with van der Waals surface area (Å²) >= 11 is 0. The molecule has 0 atom stereocenters. The minimum atomic E-state index is -0.412. The van der Waals surface area contributed by atoms with E-state index in [0.29, 0.717) is 6.61 Å². The highest BCUT2D eigenvalue weighted by atomic mass is 16.5. The Morgan fingerprint density at radius 3 is 2.71 bits per heavy atom. The van der Waals surface area contributed by atoms with Crippen molar-refractivity contribution >= 4 is 5.91 Å². The van der Waals surface area contributed by atoms with Crippen LogP contribution in [0.15, 0.2) is 0 Å². The molecule has 4 heteroatoms. The zero-order valence-electron chi connectivity index (χ0n) is 9.21. The van der Waals surface area contributed by atoms with Gasteiger partial charge in [0.15, 0.2) is 0 Å². The predicted octanol–water partition coefficient (Wildman–Crippen LogP) is 0.514. The van der Waals surface area contributed by atoms with E-state index in [2.05, 4.69) is 19.2 Å². The second-order valence-corrected chi connectivity index (χ2v) is 3.80. The van der Waals surface area contributed by atoms with Gasteiger partial charge in [-0.25, -0.2) is 0 Å². The standard InChI is InChI=1S/C10H22N2O2/c1-9(2)4-3-5-12-6-7-14-8-10(11)13/h9,12H,3-8H2,1-2H3,(H2,11,13). The summed E-state index contributed by atoms with van der Waals surface area (Å²) in [6.45, 7) is 6.80. The van der Waals surface area contributed by atoms with Crippen molar-refractivity contribution in [3.8, 4) is 0 Å². The van der Waals surface area contributed by atoms with Gasteiger partial charge in [-0.15, -0.1) is 0 Å². The van der Waals surface area contributed by atoms with Crippen LogP contribution in [-0.4, -0.2) is 32.2 Å². The molecule has 0 saturated carbocycles. The Bertz CT molecular complexity index is 149. The second-order valence-electron chi connectivity index (χ2n) is 3.80. The summed E-state index contributed by atoms with van der Waals surface area (Å²) in [4.78, 5) is 10.3. The molecule has 4 nitrogen and oxygen atoms in total. The van der Waals surface area contributed by atoms with Gasteiger partial charge in [-0.2, -0.15) is 0 Å². The zero-order valence-corrected chi connectivity index (χ0v) is 9.21. The summed E-state index contributed by atoms with van der Waals surface area (Å²) in [7, 11) is 0. The van der Waals surface area contributed by atoms with E-state index in [1.54, 1.807) is 0 Å². The second kappa shape index (κ2) is 8.97. The fourth-order valence-electron chi connectivity index (χ4n) is 1.08. The summed E-state index contributed by atoms with van der Waals surface area (Å²) in [5.74, 6) is 0.354. The lowest BCUT2D eigenvalue weighted by atomic mass is 10.1. The monoisotopic (exact) mass is 202 g/mol. The van der Waals surface area contributed by atoms with Crippen molar-refractivity contribution in [3.63, 3.8) is 0 Å². The number of rotatable bonds is 9. The summed E-state index contributed by atoms with van der Waals surface area (Å²) in [5, 5.41) is 3.24. The molecule has 0 rings (SSSR count). The number of nitrogens with two attached hydrogens (primary N) is 1. The summed E-state index contributed by atoms with van der Waals surface area (Å²) < 4.78 is 4.99. The molecule has 0 saturated heterocycles. The van der Waals surface area contributed by atoms with Crippen molar-refractivity contribution in [1.82, 2.24) is 5.32 Å². The van der Waals surface area contributed by atoms with Gasteiger partial charge in [-0.1, -0.05) is 13.8 Å². The summed E-state index contributed by atoms with van der Waals surface area (Å²) in [5.41, 5.74) is 4.90. The van der Waals surface area contributed by atoms with Crippen LogP contribution in [-0.2, 0) is 9.53 Å². The number of amides is 1. The van der Waals surface area contributed by atoms with Crippen LogP contribution < -0.4 is 11.1 Å². The van der Waals surface area contributed by atoms with Crippen molar-refractivity contribution in [2.24, 2.45) is 11.7 Å².